The third-order valence-electron chi connectivity index (χ3n) is 3.30. The van der Waals surface area contributed by atoms with Gasteiger partial charge in [0.1, 0.15) is 0 Å². The van der Waals surface area contributed by atoms with Crippen LogP contribution in [0.4, 0.5) is 0 Å². The first-order valence-electron chi connectivity index (χ1n) is 5.09. The van der Waals surface area contributed by atoms with Crippen molar-refractivity contribution in [1.82, 2.24) is 0 Å². The first kappa shape index (κ1) is 8.74. The Labute approximate surface area is 79.5 Å². The van der Waals surface area contributed by atoms with E-state index in [1.807, 2.05) is 0 Å². The average molecular weight is 176 g/mol. The lowest BCUT2D eigenvalue weighted by atomic mass is 9.92. The standard InChI is InChI=1S/C12H16O/c1-8-4-3-5-11(13)12-9(2)6-7-10(8)12/h4,10H,3,5-7H2,1-2H3/t10-/m0/s1. The third-order valence-corrected chi connectivity index (χ3v) is 3.30. The Morgan fingerprint density at radius 3 is 2.85 bits per heavy atom. The highest BCUT2D eigenvalue weighted by molar-refractivity contribution is 5.98. The molecule has 0 heterocycles. The van der Waals surface area contributed by atoms with E-state index in [9.17, 15) is 4.79 Å². The summed E-state index contributed by atoms with van der Waals surface area (Å²) in [5.41, 5.74) is 3.90. The van der Waals surface area contributed by atoms with Gasteiger partial charge in [-0.1, -0.05) is 17.2 Å². The lowest BCUT2D eigenvalue weighted by molar-refractivity contribution is -0.115. The Morgan fingerprint density at radius 1 is 1.31 bits per heavy atom. The summed E-state index contributed by atoms with van der Waals surface area (Å²) in [6.45, 7) is 4.29. The molecule has 0 N–H and O–H groups in total. The van der Waals surface area contributed by atoms with Crippen LogP contribution in [0.3, 0.4) is 0 Å². The van der Waals surface area contributed by atoms with Crippen LogP contribution >= 0.6 is 0 Å². The third kappa shape index (κ3) is 1.37. The van der Waals surface area contributed by atoms with E-state index in [0.29, 0.717) is 11.7 Å². The first-order valence-corrected chi connectivity index (χ1v) is 5.09. The normalized spacial score (nSPS) is 28.6. The van der Waals surface area contributed by atoms with Gasteiger partial charge >= 0.3 is 0 Å². The van der Waals surface area contributed by atoms with E-state index in [4.69, 9.17) is 0 Å². The van der Waals surface area contributed by atoms with E-state index in [2.05, 4.69) is 19.9 Å². The van der Waals surface area contributed by atoms with Gasteiger partial charge in [0.05, 0.1) is 0 Å². The molecule has 2 aliphatic carbocycles. The molecule has 0 unspecified atom stereocenters. The molecular weight excluding hydrogens is 160 g/mol. The average Bonchev–Trinajstić information content (AvgIpc) is 2.40. The number of allylic oxidation sites excluding steroid dienone is 4. The van der Waals surface area contributed by atoms with E-state index < -0.39 is 0 Å². The van der Waals surface area contributed by atoms with Gasteiger partial charge in [0.15, 0.2) is 5.78 Å². The van der Waals surface area contributed by atoms with E-state index in [1.165, 1.54) is 11.1 Å². The van der Waals surface area contributed by atoms with Gasteiger partial charge in [0.2, 0.25) is 0 Å². The zero-order valence-corrected chi connectivity index (χ0v) is 8.39. The van der Waals surface area contributed by atoms with Crippen molar-refractivity contribution >= 4 is 5.78 Å². The smallest absolute Gasteiger partial charge is 0.159 e. The van der Waals surface area contributed by atoms with Crippen molar-refractivity contribution in [2.75, 3.05) is 0 Å². The minimum Gasteiger partial charge on any atom is -0.295 e. The summed E-state index contributed by atoms with van der Waals surface area (Å²) >= 11 is 0. The maximum atomic E-state index is 11.8. The lowest BCUT2D eigenvalue weighted by Gasteiger charge is -2.11. The van der Waals surface area contributed by atoms with Crippen molar-refractivity contribution in [3.8, 4) is 0 Å². The van der Waals surface area contributed by atoms with Crippen molar-refractivity contribution < 1.29 is 4.79 Å². The molecule has 0 radical (unpaired) electrons. The summed E-state index contributed by atoms with van der Waals surface area (Å²) in [5, 5.41) is 0. The van der Waals surface area contributed by atoms with Gasteiger partial charge in [-0.15, -0.1) is 0 Å². The second-order valence-electron chi connectivity index (χ2n) is 4.20. The fraction of sp³-hybridized carbons (Fsp3) is 0.583. The molecule has 0 fully saturated rings. The van der Waals surface area contributed by atoms with Crippen LogP contribution in [0.25, 0.3) is 0 Å². The molecule has 0 aromatic carbocycles. The molecule has 1 atom stereocenters. The minimum atomic E-state index is 0.396. The highest BCUT2D eigenvalue weighted by atomic mass is 16.1. The van der Waals surface area contributed by atoms with E-state index in [0.717, 1.165) is 31.3 Å². The van der Waals surface area contributed by atoms with Gasteiger partial charge in [0.25, 0.3) is 0 Å². The Morgan fingerprint density at radius 2 is 2.08 bits per heavy atom. The zero-order valence-electron chi connectivity index (χ0n) is 8.39. The van der Waals surface area contributed by atoms with Gasteiger partial charge in [-0.25, -0.2) is 0 Å². The predicted molar refractivity (Wildman–Crippen MR) is 53.4 cm³/mol. The van der Waals surface area contributed by atoms with Crippen molar-refractivity contribution in [2.24, 2.45) is 5.92 Å². The summed E-state index contributed by atoms with van der Waals surface area (Å²) in [6, 6.07) is 0. The minimum absolute atomic E-state index is 0.396. The van der Waals surface area contributed by atoms with E-state index >= 15 is 0 Å². The molecule has 0 bridgehead atoms. The summed E-state index contributed by atoms with van der Waals surface area (Å²) in [5.74, 6) is 0.864. The molecule has 0 aromatic heterocycles. The van der Waals surface area contributed by atoms with Crippen LogP contribution in [0.1, 0.15) is 39.5 Å². The number of rotatable bonds is 0. The van der Waals surface area contributed by atoms with Crippen LogP contribution < -0.4 is 0 Å². The van der Waals surface area contributed by atoms with Crippen molar-refractivity contribution in [2.45, 2.75) is 39.5 Å². The topological polar surface area (TPSA) is 17.1 Å². The molecule has 2 aliphatic rings. The summed E-state index contributed by atoms with van der Waals surface area (Å²) in [7, 11) is 0. The Balaban J connectivity index is 2.42. The summed E-state index contributed by atoms with van der Waals surface area (Å²) in [6.07, 6.45) is 6.19. The molecule has 0 amide bonds. The maximum Gasteiger partial charge on any atom is 0.159 e. The number of ketones is 1. The molecule has 1 heteroatoms. The fourth-order valence-electron chi connectivity index (χ4n) is 2.53. The molecule has 0 aliphatic heterocycles. The number of Topliss-reactive ketones (excluding diaryl/α,β-unsaturated/α-hetero) is 1. The number of carbonyl (C=O) groups is 1. The van der Waals surface area contributed by atoms with Crippen molar-refractivity contribution in [3.63, 3.8) is 0 Å². The Bertz CT molecular complexity index is 307. The van der Waals surface area contributed by atoms with Gasteiger partial charge < -0.3 is 0 Å². The second-order valence-corrected chi connectivity index (χ2v) is 4.20. The predicted octanol–water partition coefficient (Wildman–Crippen LogP) is 3.02. The molecule has 0 saturated heterocycles. The number of carbonyl (C=O) groups excluding carboxylic acids is 1. The van der Waals surface area contributed by atoms with Gasteiger partial charge in [-0.05, 0) is 33.1 Å². The molecule has 70 valence electrons. The van der Waals surface area contributed by atoms with Crippen LogP contribution in [0.5, 0.6) is 0 Å². The molecule has 0 spiro atoms. The van der Waals surface area contributed by atoms with Gasteiger partial charge in [-0.3, -0.25) is 4.79 Å². The van der Waals surface area contributed by atoms with Crippen LogP contribution in [-0.2, 0) is 4.79 Å². The highest BCUT2D eigenvalue weighted by Gasteiger charge is 2.30. The first-order chi connectivity index (χ1) is 6.20. The monoisotopic (exact) mass is 176 g/mol. The largest absolute Gasteiger partial charge is 0.295 e. The van der Waals surface area contributed by atoms with E-state index in [-0.39, 0.29) is 0 Å². The van der Waals surface area contributed by atoms with E-state index in [1.54, 1.807) is 0 Å². The Kier molecular flexibility index (Phi) is 2.10. The molecule has 2 rings (SSSR count). The summed E-state index contributed by atoms with van der Waals surface area (Å²) in [4.78, 5) is 11.8. The van der Waals surface area contributed by atoms with Gasteiger partial charge in [0, 0.05) is 17.9 Å². The lowest BCUT2D eigenvalue weighted by Crippen LogP contribution is -2.08. The van der Waals surface area contributed by atoms with Crippen LogP contribution in [0, 0.1) is 5.92 Å². The maximum absolute atomic E-state index is 11.8. The van der Waals surface area contributed by atoms with Crippen molar-refractivity contribution in [1.29, 1.82) is 0 Å². The van der Waals surface area contributed by atoms with Crippen LogP contribution in [0.2, 0.25) is 0 Å². The van der Waals surface area contributed by atoms with Crippen LogP contribution in [-0.4, -0.2) is 5.78 Å². The Hall–Kier alpha value is -0.850. The number of hydrogen-bond acceptors (Lipinski definition) is 1. The van der Waals surface area contributed by atoms with Crippen LogP contribution in [0.15, 0.2) is 22.8 Å². The fourth-order valence-corrected chi connectivity index (χ4v) is 2.53. The highest BCUT2D eigenvalue weighted by Crippen LogP contribution is 2.39. The second kappa shape index (κ2) is 3.13. The number of fused-ring (bicyclic) bond motifs is 1. The van der Waals surface area contributed by atoms with Gasteiger partial charge in [-0.2, -0.15) is 0 Å². The SMILES string of the molecule is CC1=CCCC(=O)C2=C(C)CC[C@@H]12. The summed E-state index contributed by atoms with van der Waals surface area (Å²) < 4.78 is 0. The molecule has 1 nitrogen and oxygen atoms in total. The molecule has 13 heavy (non-hydrogen) atoms. The zero-order chi connectivity index (χ0) is 9.42. The molecule has 0 saturated carbocycles. The van der Waals surface area contributed by atoms with Crippen molar-refractivity contribution in [3.05, 3.63) is 22.8 Å². The number of hydrogen-bond donors (Lipinski definition) is 0. The molecule has 0 aromatic rings. The quantitative estimate of drug-likeness (QED) is 0.518. The molecular formula is C12H16O.